The Balaban J connectivity index is 3.76. The van der Waals surface area contributed by atoms with Crippen LogP contribution in [0.2, 0.25) is 0 Å². The van der Waals surface area contributed by atoms with Gasteiger partial charge in [-0.1, -0.05) is 65.7 Å². The molecule has 0 spiro atoms. The van der Waals surface area contributed by atoms with Gasteiger partial charge in [0.05, 0.1) is 6.61 Å². The van der Waals surface area contributed by atoms with E-state index in [9.17, 15) is 0 Å². The van der Waals surface area contributed by atoms with Gasteiger partial charge < -0.3 is 10.1 Å². The van der Waals surface area contributed by atoms with Crippen molar-refractivity contribution in [3.8, 4) is 0 Å². The molecule has 0 aliphatic rings. The van der Waals surface area contributed by atoms with Crippen LogP contribution in [0.1, 0.15) is 85.0 Å². The van der Waals surface area contributed by atoms with Gasteiger partial charge in [-0.05, 0) is 24.7 Å². The van der Waals surface area contributed by atoms with Crippen molar-refractivity contribution >= 4 is 0 Å². The summed E-state index contributed by atoms with van der Waals surface area (Å²) in [6.07, 6.45) is 13.8. The zero-order valence-electron chi connectivity index (χ0n) is 14.6. The Hall–Kier alpha value is -0.0800. The molecule has 1 N–H and O–H groups in total. The third-order valence-corrected chi connectivity index (χ3v) is 4.79. The molecule has 0 saturated carbocycles. The van der Waals surface area contributed by atoms with Crippen molar-refractivity contribution < 1.29 is 4.74 Å². The summed E-state index contributed by atoms with van der Waals surface area (Å²) < 4.78 is 5.11. The first kappa shape index (κ1) is 19.9. The maximum Gasteiger partial charge on any atom is 0.0587 e. The fourth-order valence-corrected chi connectivity index (χ4v) is 2.93. The topological polar surface area (TPSA) is 21.3 Å². The van der Waals surface area contributed by atoms with Crippen molar-refractivity contribution in [1.82, 2.24) is 5.32 Å². The zero-order chi connectivity index (χ0) is 15.1. The van der Waals surface area contributed by atoms with E-state index in [2.05, 4.69) is 26.1 Å². The summed E-state index contributed by atoms with van der Waals surface area (Å²) in [7, 11) is 1.77. The van der Waals surface area contributed by atoms with E-state index in [1.54, 1.807) is 7.11 Å². The minimum Gasteiger partial charge on any atom is -0.383 e. The summed E-state index contributed by atoms with van der Waals surface area (Å²) in [6.45, 7) is 9.94. The quantitative estimate of drug-likeness (QED) is 0.419. The molecule has 0 bridgehead atoms. The van der Waals surface area contributed by atoms with Crippen LogP contribution in [0, 0.1) is 5.41 Å². The minimum absolute atomic E-state index is 0.511. The maximum absolute atomic E-state index is 5.11. The summed E-state index contributed by atoms with van der Waals surface area (Å²) >= 11 is 0. The molecular weight excluding hydrogens is 246 g/mol. The van der Waals surface area contributed by atoms with Crippen LogP contribution < -0.4 is 5.32 Å². The molecule has 0 aliphatic carbocycles. The lowest BCUT2D eigenvalue weighted by molar-refractivity contribution is 0.179. The molecule has 0 amide bonds. The molecule has 0 unspecified atom stereocenters. The molecule has 0 fully saturated rings. The third-order valence-electron chi connectivity index (χ3n) is 4.79. The van der Waals surface area contributed by atoms with Crippen LogP contribution in [0.5, 0.6) is 0 Å². The molecule has 2 nitrogen and oxygen atoms in total. The number of hydrogen-bond donors (Lipinski definition) is 1. The van der Waals surface area contributed by atoms with Gasteiger partial charge in [-0.2, -0.15) is 0 Å². The monoisotopic (exact) mass is 285 g/mol. The predicted octanol–water partition coefficient (Wildman–Crippen LogP) is 5.17. The fraction of sp³-hybridized carbons (Fsp3) is 1.00. The maximum atomic E-state index is 5.11. The zero-order valence-corrected chi connectivity index (χ0v) is 14.6. The van der Waals surface area contributed by atoms with E-state index in [1.807, 2.05) is 0 Å². The molecule has 0 aliphatic heterocycles. The van der Waals surface area contributed by atoms with Gasteiger partial charge in [0.2, 0.25) is 0 Å². The summed E-state index contributed by atoms with van der Waals surface area (Å²) in [5.41, 5.74) is 0.511. The van der Waals surface area contributed by atoms with Gasteiger partial charge in [0.25, 0.3) is 0 Å². The average molecular weight is 286 g/mol. The van der Waals surface area contributed by atoms with Gasteiger partial charge >= 0.3 is 0 Å². The standard InChI is InChI=1S/C18H39NO/c1-5-8-9-10-11-12-13-14-18(6-2,7-3)17-19-15-16-20-4/h19H,5-17H2,1-4H3. The lowest BCUT2D eigenvalue weighted by Gasteiger charge is -2.32. The van der Waals surface area contributed by atoms with Crippen LogP contribution in [0.25, 0.3) is 0 Å². The first-order valence-electron chi connectivity index (χ1n) is 8.94. The molecule has 20 heavy (non-hydrogen) atoms. The predicted molar refractivity (Wildman–Crippen MR) is 90.4 cm³/mol. The molecule has 0 saturated heterocycles. The first-order chi connectivity index (χ1) is 9.74. The molecule has 122 valence electrons. The minimum atomic E-state index is 0.511. The second kappa shape index (κ2) is 13.9. The van der Waals surface area contributed by atoms with Gasteiger partial charge in [-0.3, -0.25) is 0 Å². The van der Waals surface area contributed by atoms with E-state index in [1.165, 1.54) is 64.2 Å². The van der Waals surface area contributed by atoms with Crippen molar-refractivity contribution in [2.75, 3.05) is 26.8 Å². The molecule has 0 aromatic carbocycles. The molecule has 0 heterocycles. The van der Waals surface area contributed by atoms with Crippen molar-refractivity contribution in [2.45, 2.75) is 85.0 Å². The van der Waals surface area contributed by atoms with Crippen molar-refractivity contribution in [1.29, 1.82) is 0 Å². The van der Waals surface area contributed by atoms with Gasteiger partial charge in [0.15, 0.2) is 0 Å². The molecule has 0 atom stereocenters. The van der Waals surface area contributed by atoms with Gasteiger partial charge in [0.1, 0.15) is 0 Å². The summed E-state index contributed by atoms with van der Waals surface area (Å²) in [4.78, 5) is 0. The van der Waals surface area contributed by atoms with Gasteiger partial charge in [-0.15, -0.1) is 0 Å². The molecule has 0 aromatic heterocycles. The fourth-order valence-electron chi connectivity index (χ4n) is 2.93. The SMILES string of the molecule is CCCCCCCCCC(CC)(CC)CNCCOC. The van der Waals surface area contributed by atoms with E-state index in [0.29, 0.717) is 5.41 Å². The van der Waals surface area contributed by atoms with Crippen LogP contribution in [0.4, 0.5) is 0 Å². The Kier molecular flexibility index (Phi) is 13.8. The van der Waals surface area contributed by atoms with Gasteiger partial charge in [0, 0.05) is 20.2 Å². The Labute approximate surface area is 128 Å². The number of rotatable bonds is 15. The lowest BCUT2D eigenvalue weighted by atomic mass is 9.77. The van der Waals surface area contributed by atoms with Crippen LogP contribution in [-0.2, 0) is 4.74 Å². The highest BCUT2D eigenvalue weighted by Gasteiger charge is 2.24. The van der Waals surface area contributed by atoms with E-state index in [-0.39, 0.29) is 0 Å². The second-order valence-electron chi connectivity index (χ2n) is 6.25. The third kappa shape index (κ3) is 9.77. The van der Waals surface area contributed by atoms with Crippen molar-refractivity contribution in [2.24, 2.45) is 5.41 Å². The Morgan fingerprint density at radius 3 is 2.00 bits per heavy atom. The van der Waals surface area contributed by atoms with E-state index >= 15 is 0 Å². The largest absolute Gasteiger partial charge is 0.383 e. The Morgan fingerprint density at radius 1 is 0.850 bits per heavy atom. The number of hydrogen-bond acceptors (Lipinski definition) is 2. The average Bonchev–Trinajstić information content (AvgIpc) is 2.49. The van der Waals surface area contributed by atoms with E-state index in [0.717, 1.165) is 19.7 Å². The number of nitrogens with one attached hydrogen (secondary N) is 1. The van der Waals surface area contributed by atoms with Crippen LogP contribution >= 0.6 is 0 Å². The van der Waals surface area contributed by atoms with Crippen molar-refractivity contribution in [3.05, 3.63) is 0 Å². The van der Waals surface area contributed by atoms with E-state index in [4.69, 9.17) is 4.74 Å². The number of ether oxygens (including phenoxy) is 1. The van der Waals surface area contributed by atoms with E-state index < -0.39 is 0 Å². The molecule has 2 heteroatoms. The molecule has 0 rings (SSSR count). The second-order valence-corrected chi connectivity index (χ2v) is 6.25. The molecule has 0 aromatic rings. The van der Waals surface area contributed by atoms with Gasteiger partial charge in [-0.25, -0.2) is 0 Å². The smallest absolute Gasteiger partial charge is 0.0587 e. The summed E-state index contributed by atoms with van der Waals surface area (Å²) in [6, 6.07) is 0. The number of unbranched alkanes of at least 4 members (excludes halogenated alkanes) is 6. The van der Waals surface area contributed by atoms with Crippen LogP contribution in [0.3, 0.4) is 0 Å². The van der Waals surface area contributed by atoms with Crippen LogP contribution in [-0.4, -0.2) is 26.8 Å². The van der Waals surface area contributed by atoms with Crippen molar-refractivity contribution in [3.63, 3.8) is 0 Å². The molecule has 0 radical (unpaired) electrons. The Morgan fingerprint density at radius 2 is 1.45 bits per heavy atom. The highest BCUT2D eigenvalue weighted by molar-refractivity contribution is 4.79. The molecular formula is C18H39NO. The first-order valence-corrected chi connectivity index (χ1v) is 8.94. The summed E-state index contributed by atoms with van der Waals surface area (Å²) in [5.74, 6) is 0. The van der Waals surface area contributed by atoms with Crippen LogP contribution in [0.15, 0.2) is 0 Å². The highest BCUT2D eigenvalue weighted by Crippen LogP contribution is 2.32. The normalized spacial score (nSPS) is 12.0. The summed E-state index contributed by atoms with van der Waals surface area (Å²) in [5, 5.41) is 3.57. The lowest BCUT2D eigenvalue weighted by Crippen LogP contribution is -2.35. The Bertz CT molecular complexity index is 190. The highest BCUT2D eigenvalue weighted by atomic mass is 16.5. The number of methoxy groups -OCH3 is 1.